The molecule has 1 aromatic carbocycles. The quantitative estimate of drug-likeness (QED) is 0.432. The summed E-state index contributed by atoms with van der Waals surface area (Å²) in [5, 5.41) is 0. The second-order valence-electron chi connectivity index (χ2n) is 3.79. The molecule has 7 nitrogen and oxygen atoms in total. The highest BCUT2D eigenvalue weighted by molar-refractivity contribution is 7.89. The Morgan fingerprint density at radius 1 is 1.50 bits per heavy atom. The molecule has 0 aliphatic heterocycles. The number of sulfonamides is 1. The molecule has 0 saturated heterocycles. The van der Waals surface area contributed by atoms with E-state index in [9.17, 15) is 17.6 Å². The van der Waals surface area contributed by atoms with Gasteiger partial charge in [-0.1, -0.05) is 6.92 Å². The van der Waals surface area contributed by atoms with Gasteiger partial charge >= 0.3 is 0 Å². The van der Waals surface area contributed by atoms with Crippen molar-refractivity contribution in [3.05, 3.63) is 24.0 Å². The number of amides is 1. The summed E-state index contributed by atoms with van der Waals surface area (Å²) in [5.41, 5.74) is 1.84. The number of nitrogens with one attached hydrogen (secondary N) is 1. The number of likely N-dealkylation sites (N-methyl/N-ethyl adjacent to an activating group) is 1. The zero-order chi connectivity index (χ0) is 15.3. The summed E-state index contributed by atoms with van der Waals surface area (Å²) >= 11 is 0. The van der Waals surface area contributed by atoms with Crippen LogP contribution >= 0.6 is 0 Å². The minimum atomic E-state index is -4.07. The number of benzene rings is 1. The molecule has 0 aromatic heterocycles. The molecule has 0 fully saturated rings. The maximum Gasteiger partial charge on any atom is 0.249 e. The lowest BCUT2D eigenvalue weighted by Gasteiger charge is -2.20. The maximum atomic E-state index is 13.3. The molecule has 0 bridgehead atoms. The molecule has 9 heteroatoms. The van der Waals surface area contributed by atoms with Crippen molar-refractivity contribution < 1.29 is 22.3 Å². The first-order valence-electron chi connectivity index (χ1n) is 5.70. The SMILES string of the molecule is CCN(CC(=O)NN)S(=O)(=O)c1cc(F)ccc1OC. The smallest absolute Gasteiger partial charge is 0.249 e. The Bertz CT molecular complexity index is 591. The fourth-order valence-corrected chi connectivity index (χ4v) is 3.14. The van der Waals surface area contributed by atoms with Crippen LogP contribution in [0.5, 0.6) is 5.75 Å². The normalized spacial score (nSPS) is 11.4. The van der Waals surface area contributed by atoms with E-state index in [1.54, 1.807) is 6.92 Å². The summed E-state index contributed by atoms with van der Waals surface area (Å²) in [6.45, 7) is 1.11. The minimum absolute atomic E-state index is 0.00185. The van der Waals surface area contributed by atoms with Gasteiger partial charge in [-0.05, 0) is 18.2 Å². The van der Waals surface area contributed by atoms with E-state index in [1.807, 2.05) is 5.43 Å². The Labute approximate surface area is 116 Å². The predicted molar refractivity (Wildman–Crippen MR) is 69.7 cm³/mol. The Hall–Kier alpha value is -1.71. The second-order valence-corrected chi connectivity index (χ2v) is 5.70. The van der Waals surface area contributed by atoms with E-state index >= 15 is 0 Å². The lowest BCUT2D eigenvalue weighted by molar-refractivity contribution is -0.121. The molecular weight excluding hydrogens is 289 g/mol. The highest BCUT2D eigenvalue weighted by Gasteiger charge is 2.28. The van der Waals surface area contributed by atoms with Gasteiger partial charge in [-0.25, -0.2) is 18.7 Å². The van der Waals surface area contributed by atoms with E-state index in [0.29, 0.717) is 0 Å². The van der Waals surface area contributed by atoms with Gasteiger partial charge in [0.15, 0.2) is 0 Å². The van der Waals surface area contributed by atoms with E-state index in [4.69, 9.17) is 10.6 Å². The van der Waals surface area contributed by atoms with Crippen molar-refractivity contribution >= 4 is 15.9 Å². The van der Waals surface area contributed by atoms with Gasteiger partial charge in [-0.3, -0.25) is 10.2 Å². The summed E-state index contributed by atoms with van der Waals surface area (Å²) in [7, 11) is -2.80. The molecule has 0 heterocycles. The van der Waals surface area contributed by atoms with E-state index in [2.05, 4.69) is 0 Å². The number of nitrogens with zero attached hydrogens (tertiary/aromatic N) is 1. The van der Waals surface area contributed by atoms with Crippen LogP contribution in [0.2, 0.25) is 0 Å². The number of hydrazine groups is 1. The number of carbonyl (C=O) groups excluding carboxylic acids is 1. The molecule has 112 valence electrons. The van der Waals surface area contributed by atoms with Crippen LogP contribution in [0.25, 0.3) is 0 Å². The number of hydrogen-bond acceptors (Lipinski definition) is 5. The van der Waals surface area contributed by atoms with Crippen molar-refractivity contribution in [1.82, 2.24) is 9.73 Å². The van der Waals surface area contributed by atoms with Gasteiger partial charge in [0.25, 0.3) is 0 Å². The van der Waals surface area contributed by atoms with Crippen LogP contribution in [0.3, 0.4) is 0 Å². The lowest BCUT2D eigenvalue weighted by Crippen LogP contribution is -2.43. The number of hydrogen-bond donors (Lipinski definition) is 2. The third kappa shape index (κ3) is 3.44. The molecule has 0 radical (unpaired) electrons. The first-order chi connectivity index (χ1) is 9.36. The number of nitrogens with two attached hydrogens (primary N) is 1. The van der Waals surface area contributed by atoms with E-state index in [-0.39, 0.29) is 17.2 Å². The average Bonchev–Trinajstić information content (AvgIpc) is 2.44. The Balaban J connectivity index is 3.26. The molecule has 1 amide bonds. The van der Waals surface area contributed by atoms with E-state index in [0.717, 1.165) is 16.4 Å². The van der Waals surface area contributed by atoms with Crippen LogP contribution in [-0.4, -0.2) is 38.8 Å². The van der Waals surface area contributed by atoms with Crippen molar-refractivity contribution in [2.75, 3.05) is 20.2 Å². The molecule has 1 aromatic rings. The van der Waals surface area contributed by atoms with Gasteiger partial charge < -0.3 is 4.74 Å². The van der Waals surface area contributed by atoms with E-state index in [1.165, 1.54) is 13.2 Å². The van der Waals surface area contributed by atoms with Crippen molar-refractivity contribution in [2.45, 2.75) is 11.8 Å². The van der Waals surface area contributed by atoms with Crippen LogP contribution < -0.4 is 16.0 Å². The molecule has 0 atom stereocenters. The van der Waals surface area contributed by atoms with Crippen LogP contribution in [0.1, 0.15) is 6.92 Å². The third-order valence-electron chi connectivity index (χ3n) is 2.58. The first kappa shape index (κ1) is 16.3. The molecule has 20 heavy (non-hydrogen) atoms. The molecular formula is C11H16FN3O4S. The molecule has 0 aliphatic carbocycles. The monoisotopic (exact) mass is 305 g/mol. The number of ether oxygens (including phenoxy) is 1. The minimum Gasteiger partial charge on any atom is -0.495 e. The third-order valence-corrected chi connectivity index (χ3v) is 4.52. The highest BCUT2D eigenvalue weighted by Crippen LogP contribution is 2.27. The van der Waals surface area contributed by atoms with Gasteiger partial charge in [0.1, 0.15) is 16.5 Å². The average molecular weight is 305 g/mol. The van der Waals surface area contributed by atoms with E-state index < -0.39 is 28.3 Å². The zero-order valence-electron chi connectivity index (χ0n) is 11.1. The summed E-state index contributed by atoms with van der Waals surface area (Å²) in [6.07, 6.45) is 0. The van der Waals surface area contributed by atoms with Crippen LogP contribution in [0.15, 0.2) is 23.1 Å². The Morgan fingerprint density at radius 2 is 2.15 bits per heavy atom. The predicted octanol–water partition coefficient (Wildman–Crippen LogP) is -0.165. The fourth-order valence-electron chi connectivity index (χ4n) is 1.56. The van der Waals surface area contributed by atoms with Gasteiger partial charge in [-0.15, -0.1) is 0 Å². The van der Waals surface area contributed by atoms with Crippen molar-refractivity contribution in [2.24, 2.45) is 5.84 Å². The Kier molecular flexibility index (Phi) is 5.43. The maximum absolute atomic E-state index is 13.3. The van der Waals surface area contributed by atoms with Crippen molar-refractivity contribution in [3.8, 4) is 5.75 Å². The standard InChI is InChI=1S/C11H16FN3O4S/c1-3-15(7-11(16)14-13)20(17,18)10-6-8(12)4-5-9(10)19-2/h4-6H,3,7,13H2,1-2H3,(H,14,16). The summed E-state index contributed by atoms with van der Waals surface area (Å²) < 4.78 is 43.9. The van der Waals surface area contributed by atoms with Crippen molar-refractivity contribution in [3.63, 3.8) is 0 Å². The first-order valence-corrected chi connectivity index (χ1v) is 7.14. The van der Waals surface area contributed by atoms with Crippen LogP contribution in [-0.2, 0) is 14.8 Å². The molecule has 1 rings (SSSR count). The largest absolute Gasteiger partial charge is 0.495 e. The van der Waals surface area contributed by atoms with Gasteiger partial charge in [0.05, 0.1) is 13.7 Å². The molecule has 0 unspecified atom stereocenters. The van der Waals surface area contributed by atoms with Gasteiger partial charge in [0, 0.05) is 6.54 Å². The molecule has 3 N–H and O–H groups in total. The van der Waals surface area contributed by atoms with Crippen LogP contribution in [0.4, 0.5) is 4.39 Å². The molecule has 0 spiro atoms. The van der Waals surface area contributed by atoms with Gasteiger partial charge in [0.2, 0.25) is 15.9 Å². The fraction of sp³-hybridized carbons (Fsp3) is 0.364. The lowest BCUT2D eigenvalue weighted by atomic mass is 10.3. The van der Waals surface area contributed by atoms with Crippen molar-refractivity contribution in [1.29, 1.82) is 0 Å². The summed E-state index contributed by atoms with van der Waals surface area (Å²) in [5.74, 6) is 3.54. The topological polar surface area (TPSA) is 102 Å². The summed E-state index contributed by atoms with van der Waals surface area (Å²) in [6, 6.07) is 3.14. The molecule has 0 aliphatic rings. The number of carbonyl (C=O) groups is 1. The number of halogens is 1. The number of rotatable bonds is 6. The van der Waals surface area contributed by atoms with Gasteiger partial charge in [-0.2, -0.15) is 4.31 Å². The Morgan fingerprint density at radius 3 is 2.65 bits per heavy atom. The zero-order valence-corrected chi connectivity index (χ0v) is 11.9. The van der Waals surface area contributed by atoms with Crippen LogP contribution in [0, 0.1) is 5.82 Å². The second kappa shape index (κ2) is 6.64. The number of methoxy groups -OCH3 is 1. The molecule has 0 saturated carbocycles. The summed E-state index contributed by atoms with van der Waals surface area (Å²) in [4.78, 5) is 10.9. The highest BCUT2D eigenvalue weighted by atomic mass is 32.2.